The molecule has 0 fully saturated rings. The number of hydrogen-bond acceptors (Lipinski definition) is 2. The van der Waals surface area contributed by atoms with E-state index in [4.69, 9.17) is 17.3 Å². The van der Waals surface area contributed by atoms with E-state index in [9.17, 15) is 0 Å². The molecule has 0 saturated carbocycles. The summed E-state index contributed by atoms with van der Waals surface area (Å²) in [6.45, 7) is 0.550. The molecule has 0 aliphatic heterocycles. The first-order valence-electron chi connectivity index (χ1n) is 5.30. The molecule has 0 unspecified atom stereocenters. The zero-order chi connectivity index (χ0) is 12.4. The van der Waals surface area contributed by atoms with Crippen LogP contribution in [0.1, 0.15) is 5.69 Å². The van der Waals surface area contributed by atoms with Crippen LogP contribution in [-0.2, 0) is 13.5 Å². The van der Waals surface area contributed by atoms with Crippen molar-refractivity contribution in [3.05, 3.63) is 39.6 Å². The Labute approximate surface area is 114 Å². The predicted molar refractivity (Wildman–Crippen MR) is 74.1 cm³/mol. The van der Waals surface area contributed by atoms with Crippen molar-refractivity contribution in [3.8, 4) is 11.4 Å². The van der Waals surface area contributed by atoms with Crippen molar-refractivity contribution in [3.63, 3.8) is 0 Å². The minimum atomic E-state index is 0.550. The lowest BCUT2D eigenvalue weighted by Crippen LogP contribution is -2.03. The molecule has 0 aliphatic carbocycles. The molecule has 0 aliphatic rings. The van der Waals surface area contributed by atoms with Gasteiger partial charge in [-0.05, 0) is 18.7 Å². The lowest BCUT2D eigenvalue weighted by Gasteiger charge is -2.02. The Morgan fingerprint density at radius 1 is 1.47 bits per heavy atom. The molecule has 17 heavy (non-hydrogen) atoms. The summed E-state index contributed by atoms with van der Waals surface area (Å²) in [5.41, 5.74) is 7.42. The Bertz CT molecular complexity index is 537. The summed E-state index contributed by atoms with van der Waals surface area (Å²) in [6, 6.07) is 7.99. The SMILES string of the molecule is Cn1c(-c2cccc(Br)c2)nc(CCN)c1Cl. The highest BCUT2D eigenvalue weighted by molar-refractivity contribution is 9.10. The summed E-state index contributed by atoms with van der Waals surface area (Å²) >= 11 is 9.67. The van der Waals surface area contributed by atoms with E-state index in [0.717, 1.165) is 21.6 Å². The molecule has 0 spiro atoms. The van der Waals surface area contributed by atoms with Gasteiger partial charge in [-0.3, -0.25) is 0 Å². The molecule has 2 N–H and O–H groups in total. The molecule has 2 rings (SSSR count). The van der Waals surface area contributed by atoms with Crippen LogP contribution >= 0.6 is 27.5 Å². The van der Waals surface area contributed by atoms with E-state index >= 15 is 0 Å². The van der Waals surface area contributed by atoms with Gasteiger partial charge in [0.1, 0.15) is 11.0 Å². The number of aromatic nitrogens is 2. The molecule has 1 aromatic carbocycles. The monoisotopic (exact) mass is 313 g/mol. The molecule has 1 aromatic heterocycles. The number of nitrogens with zero attached hydrogens (tertiary/aromatic N) is 2. The van der Waals surface area contributed by atoms with E-state index in [1.165, 1.54) is 0 Å². The maximum absolute atomic E-state index is 6.22. The van der Waals surface area contributed by atoms with Crippen LogP contribution in [0.3, 0.4) is 0 Å². The summed E-state index contributed by atoms with van der Waals surface area (Å²) in [5.74, 6) is 0.861. The van der Waals surface area contributed by atoms with Crippen molar-refractivity contribution in [1.29, 1.82) is 0 Å². The number of halogens is 2. The molecule has 0 bridgehead atoms. The Hall–Kier alpha value is -0.840. The summed E-state index contributed by atoms with van der Waals surface area (Å²) < 4.78 is 2.91. The average Bonchev–Trinajstić information content (AvgIpc) is 2.58. The first kappa shape index (κ1) is 12.6. The van der Waals surface area contributed by atoms with Crippen LogP contribution in [0.4, 0.5) is 0 Å². The second-order valence-corrected chi connectivity index (χ2v) is 5.05. The first-order chi connectivity index (χ1) is 8.13. The third kappa shape index (κ3) is 2.54. The number of hydrogen-bond donors (Lipinski definition) is 1. The van der Waals surface area contributed by atoms with E-state index in [1.807, 2.05) is 35.9 Å². The second kappa shape index (κ2) is 5.21. The molecule has 5 heteroatoms. The highest BCUT2D eigenvalue weighted by Gasteiger charge is 2.13. The zero-order valence-electron chi connectivity index (χ0n) is 9.45. The van der Waals surface area contributed by atoms with Crippen LogP contribution in [0.2, 0.25) is 5.15 Å². The van der Waals surface area contributed by atoms with Gasteiger partial charge in [0.15, 0.2) is 0 Å². The molecular weight excluding hydrogens is 302 g/mol. The summed E-state index contributed by atoms with van der Waals surface area (Å²) in [5, 5.41) is 0.658. The number of imidazole rings is 1. The third-order valence-corrected chi connectivity index (χ3v) is 3.52. The molecule has 0 atom stereocenters. The number of benzene rings is 1. The Morgan fingerprint density at radius 2 is 2.24 bits per heavy atom. The van der Waals surface area contributed by atoms with Gasteiger partial charge in [-0.25, -0.2) is 4.98 Å². The minimum absolute atomic E-state index is 0.550. The van der Waals surface area contributed by atoms with Gasteiger partial charge in [-0.15, -0.1) is 0 Å². The summed E-state index contributed by atoms with van der Waals surface area (Å²) in [4.78, 5) is 4.54. The van der Waals surface area contributed by atoms with Gasteiger partial charge in [-0.1, -0.05) is 39.7 Å². The first-order valence-corrected chi connectivity index (χ1v) is 6.47. The van der Waals surface area contributed by atoms with Crippen LogP contribution in [0.5, 0.6) is 0 Å². The molecule has 90 valence electrons. The largest absolute Gasteiger partial charge is 0.330 e. The lowest BCUT2D eigenvalue weighted by molar-refractivity contribution is 0.913. The molecule has 3 nitrogen and oxygen atoms in total. The van der Waals surface area contributed by atoms with E-state index in [2.05, 4.69) is 20.9 Å². The summed E-state index contributed by atoms with van der Waals surface area (Å²) in [6.07, 6.45) is 0.695. The van der Waals surface area contributed by atoms with Gasteiger partial charge in [0.05, 0.1) is 5.69 Å². The van der Waals surface area contributed by atoms with Gasteiger partial charge < -0.3 is 10.3 Å². The molecular formula is C12H13BrClN3. The van der Waals surface area contributed by atoms with Crippen LogP contribution in [0.25, 0.3) is 11.4 Å². The van der Waals surface area contributed by atoms with E-state index in [0.29, 0.717) is 18.1 Å². The molecule has 2 aromatic rings. The fourth-order valence-corrected chi connectivity index (χ4v) is 2.33. The third-order valence-electron chi connectivity index (χ3n) is 2.56. The van der Waals surface area contributed by atoms with E-state index in [1.54, 1.807) is 0 Å². The van der Waals surface area contributed by atoms with Crippen LogP contribution in [0.15, 0.2) is 28.7 Å². The molecule has 1 heterocycles. The van der Waals surface area contributed by atoms with Gasteiger partial charge in [0.25, 0.3) is 0 Å². The maximum Gasteiger partial charge on any atom is 0.141 e. The van der Waals surface area contributed by atoms with Crippen molar-refractivity contribution in [2.45, 2.75) is 6.42 Å². The summed E-state index contributed by atoms with van der Waals surface area (Å²) in [7, 11) is 1.91. The van der Waals surface area contributed by atoms with Crippen LogP contribution in [-0.4, -0.2) is 16.1 Å². The van der Waals surface area contributed by atoms with E-state index < -0.39 is 0 Å². The Balaban J connectivity index is 2.49. The smallest absolute Gasteiger partial charge is 0.141 e. The second-order valence-electron chi connectivity index (χ2n) is 3.78. The highest BCUT2D eigenvalue weighted by atomic mass is 79.9. The topological polar surface area (TPSA) is 43.8 Å². The highest BCUT2D eigenvalue weighted by Crippen LogP contribution is 2.26. The minimum Gasteiger partial charge on any atom is -0.330 e. The van der Waals surface area contributed by atoms with Crippen LogP contribution < -0.4 is 5.73 Å². The average molecular weight is 315 g/mol. The lowest BCUT2D eigenvalue weighted by atomic mass is 10.2. The van der Waals surface area contributed by atoms with Gasteiger partial charge in [0, 0.05) is 23.5 Å². The quantitative estimate of drug-likeness (QED) is 0.946. The van der Waals surface area contributed by atoms with Gasteiger partial charge in [-0.2, -0.15) is 0 Å². The zero-order valence-corrected chi connectivity index (χ0v) is 11.8. The van der Waals surface area contributed by atoms with Gasteiger partial charge in [0.2, 0.25) is 0 Å². The Morgan fingerprint density at radius 3 is 2.88 bits per heavy atom. The van der Waals surface area contributed by atoms with Crippen molar-refractivity contribution in [2.24, 2.45) is 12.8 Å². The van der Waals surface area contributed by atoms with Gasteiger partial charge >= 0.3 is 0 Å². The normalized spacial score (nSPS) is 10.8. The van der Waals surface area contributed by atoms with Crippen molar-refractivity contribution in [1.82, 2.24) is 9.55 Å². The maximum atomic E-state index is 6.22. The number of nitrogens with two attached hydrogens (primary N) is 1. The molecule has 0 amide bonds. The molecule has 0 saturated heterocycles. The van der Waals surface area contributed by atoms with Crippen molar-refractivity contribution >= 4 is 27.5 Å². The Kier molecular flexibility index (Phi) is 3.86. The van der Waals surface area contributed by atoms with E-state index in [-0.39, 0.29) is 0 Å². The predicted octanol–water partition coefficient (Wildman–Crippen LogP) is 3.00. The van der Waals surface area contributed by atoms with Crippen molar-refractivity contribution in [2.75, 3.05) is 6.54 Å². The molecule has 0 radical (unpaired) electrons. The van der Waals surface area contributed by atoms with Crippen LogP contribution in [0, 0.1) is 0 Å². The number of rotatable bonds is 3. The fourth-order valence-electron chi connectivity index (χ4n) is 1.72. The standard InChI is InChI=1S/C12H13BrClN3/c1-17-11(14)10(5-6-15)16-12(17)8-3-2-4-9(13)7-8/h2-4,7H,5-6,15H2,1H3. The van der Waals surface area contributed by atoms with Crippen molar-refractivity contribution < 1.29 is 0 Å². The fraction of sp³-hybridized carbons (Fsp3) is 0.250.